The van der Waals surface area contributed by atoms with E-state index in [4.69, 9.17) is 9.47 Å². The summed E-state index contributed by atoms with van der Waals surface area (Å²) >= 11 is 0. The van der Waals surface area contributed by atoms with Crippen LogP contribution >= 0.6 is 0 Å². The SMILES string of the molecule is COC(=O)c1cccc(OCC2CCN(C(=O)C(CC(C)C)N3CCNC(CC(C)C)C3=O)CC2)c1. The maximum atomic E-state index is 13.7. The van der Waals surface area contributed by atoms with Crippen molar-refractivity contribution in [2.24, 2.45) is 17.8 Å². The quantitative estimate of drug-likeness (QED) is 0.495. The summed E-state index contributed by atoms with van der Waals surface area (Å²) in [4.78, 5) is 42.5. The number of likely N-dealkylation sites (tertiary alicyclic amines) is 1. The van der Waals surface area contributed by atoms with Crippen LogP contribution in [0.25, 0.3) is 0 Å². The molecule has 2 saturated heterocycles. The van der Waals surface area contributed by atoms with E-state index in [9.17, 15) is 14.4 Å². The fraction of sp³-hybridized carbons (Fsp3) is 0.679. The number of nitrogens with zero attached hydrogens (tertiary/aromatic N) is 2. The number of nitrogens with one attached hydrogen (secondary N) is 1. The molecule has 1 N–H and O–H groups in total. The zero-order valence-electron chi connectivity index (χ0n) is 22.5. The molecular weight excluding hydrogens is 458 g/mol. The minimum absolute atomic E-state index is 0.0615. The van der Waals surface area contributed by atoms with Crippen LogP contribution in [-0.2, 0) is 14.3 Å². The van der Waals surface area contributed by atoms with Crippen molar-refractivity contribution in [1.29, 1.82) is 0 Å². The van der Waals surface area contributed by atoms with Gasteiger partial charge in [0, 0.05) is 26.2 Å². The third kappa shape index (κ3) is 7.45. The van der Waals surface area contributed by atoms with E-state index in [-0.39, 0.29) is 23.8 Å². The summed E-state index contributed by atoms with van der Waals surface area (Å²) in [5.74, 6) is 1.45. The van der Waals surface area contributed by atoms with Crippen molar-refractivity contribution in [3.63, 3.8) is 0 Å². The summed E-state index contributed by atoms with van der Waals surface area (Å²) < 4.78 is 10.7. The van der Waals surface area contributed by atoms with Gasteiger partial charge in [0.1, 0.15) is 11.8 Å². The summed E-state index contributed by atoms with van der Waals surface area (Å²) in [6, 6.07) is 6.40. The van der Waals surface area contributed by atoms with E-state index in [1.165, 1.54) is 7.11 Å². The molecule has 1 aromatic carbocycles. The maximum absolute atomic E-state index is 13.7. The number of amides is 2. The van der Waals surface area contributed by atoms with Gasteiger partial charge in [-0.25, -0.2) is 4.79 Å². The van der Waals surface area contributed by atoms with Crippen molar-refractivity contribution >= 4 is 17.8 Å². The molecular formula is C28H43N3O5. The third-order valence-corrected chi connectivity index (χ3v) is 7.05. The van der Waals surface area contributed by atoms with Gasteiger partial charge in [0.15, 0.2) is 0 Å². The Hall–Kier alpha value is -2.61. The highest BCUT2D eigenvalue weighted by Crippen LogP contribution is 2.24. The van der Waals surface area contributed by atoms with E-state index in [0.29, 0.717) is 61.7 Å². The number of esters is 1. The first-order chi connectivity index (χ1) is 17.2. The van der Waals surface area contributed by atoms with E-state index in [1.807, 2.05) is 15.9 Å². The normalized spacial score (nSPS) is 20.1. The predicted octanol–water partition coefficient (Wildman–Crippen LogP) is 3.35. The lowest BCUT2D eigenvalue weighted by Crippen LogP contribution is -2.62. The van der Waals surface area contributed by atoms with Crippen LogP contribution in [0.2, 0.25) is 0 Å². The van der Waals surface area contributed by atoms with Gasteiger partial charge in [0.05, 0.1) is 25.3 Å². The number of hydrogen-bond acceptors (Lipinski definition) is 6. The topological polar surface area (TPSA) is 88.2 Å². The molecule has 0 aromatic heterocycles. The number of rotatable bonds is 10. The summed E-state index contributed by atoms with van der Waals surface area (Å²) in [6.07, 6.45) is 3.16. The highest BCUT2D eigenvalue weighted by atomic mass is 16.5. The number of piperidine rings is 1. The highest BCUT2D eigenvalue weighted by Gasteiger charge is 2.39. The lowest BCUT2D eigenvalue weighted by molar-refractivity contribution is -0.150. The Bertz CT molecular complexity index is 895. The van der Waals surface area contributed by atoms with Crippen molar-refractivity contribution in [3.8, 4) is 5.75 Å². The third-order valence-electron chi connectivity index (χ3n) is 7.05. The number of piperazine rings is 1. The van der Waals surface area contributed by atoms with Gasteiger partial charge in [-0.1, -0.05) is 33.8 Å². The van der Waals surface area contributed by atoms with E-state index >= 15 is 0 Å². The molecule has 3 rings (SSSR count). The molecule has 2 atom stereocenters. The Morgan fingerprint density at radius 3 is 2.44 bits per heavy atom. The van der Waals surface area contributed by atoms with E-state index in [2.05, 4.69) is 33.0 Å². The van der Waals surface area contributed by atoms with Gasteiger partial charge in [-0.05, 0) is 61.6 Å². The Morgan fingerprint density at radius 1 is 1.08 bits per heavy atom. The lowest BCUT2D eigenvalue weighted by Gasteiger charge is -2.42. The first kappa shape index (κ1) is 28.0. The van der Waals surface area contributed by atoms with Gasteiger partial charge in [-0.2, -0.15) is 0 Å². The zero-order chi connectivity index (χ0) is 26.2. The molecule has 0 saturated carbocycles. The Kier molecular flexibility index (Phi) is 10.2. The fourth-order valence-corrected chi connectivity index (χ4v) is 5.11. The van der Waals surface area contributed by atoms with Crippen LogP contribution in [0.3, 0.4) is 0 Å². The molecule has 0 aliphatic carbocycles. The second kappa shape index (κ2) is 13.1. The number of hydrogen-bond donors (Lipinski definition) is 1. The molecule has 8 heteroatoms. The van der Waals surface area contributed by atoms with E-state index < -0.39 is 6.04 Å². The molecule has 8 nitrogen and oxygen atoms in total. The molecule has 0 radical (unpaired) electrons. The zero-order valence-corrected chi connectivity index (χ0v) is 22.5. The molecule has 200 valence electrons. The number of ether oxygens (including phenoxy) is 2. The highest BCUT2D eigenvalue weighted by molar-refractivity contribution is 5.90. The standard InChI is InChI=1S/C28H43N3O5/c1-19(2)15-24-26(32)31(14-11-29-24)25(16-20(3)4)27(33)30-12-9-21(10-13-30)18-36-23-8-6-7-22(17-23)28(34)35-5/h6-8,17,19-21,24-25,29H,9-16,18H2,1-5H3. The first-order valence-electron chi connectivity index (χ1n) is 13.3. The molecule has 0 bridgehead atoms. The largest absolute Gasteiger partial charge is 0.493 e. The minimum atomic E-state index is -0.400. The number of carbonyl (C=O) groups excluding carboxylic acids is 3. The molecule has 0 spiro atoms. The molecule has 2 aliphatic rings. The Morgan fingerprint density at radius 2 is 1.81 bits per heavy atom. The van der Waals surface area contributed by atoms with Crippen LogP contribution in [0.4, 0.5) is 0 Å². The molecule has 2 aliphatic heterocycles. The fourth-order valence-electron chi connectivity index (χ4n) is 5.11. The smallest absolute Gasteiger partial charge is 0.337 e. The van der Waals surface area contributed by atoms with Gasteiger partial charge in [0.25, 0.3) is 0 Å². The lowest BCUT2D eigenvalue weighted by atomic mass is 9.94. The summed E-state index contributed by atoms with van der Waals surface area (Å²) in [6.45, 7) is 11.6. The van der Waals surface area contributed by atoms with Gasteiger partial charge in [-0.15, -0.1) is 0 Å². The number of benzene rings is 1. The second-order valence-corrected chi connectivity index (χ2v) is 10.9. The van der Waals surface area contributed by atoms with Crippen molar-refractivity contribution in [2.45, 2.75) is 65.5 Å². The average molecular weight is 502 g/mol. The van der Waals surface area contributed by atoms with E-state index in [0.717, 1.165) is 25.8 Å². The van der Waals surface area contributed by atoms with Crippen LogP contribution < -0.4 is 10.1 Å². The van der Waals surface area contributed by atoms with Gasteiger partial charge >= 0.3 is 5.97 Å². The van der Waals surface area contributed by atoms with Crippen molar-refractivity contribution < 1.29 is 23.9 Å². The predicted molar refractivity (Wildman–Crippen MR) is 139 cm³/mol. The van der Waals surface area contributed by atoms with Crippen molar-refractivity contribution in [1.82, 2.24) is 15.1 Å². The van der Waals surface area contributed by atoms with Gasteiger partial charge in [-0.3, -0.25) is 9.59 Å². The van der Waals surface area contributed by atoms with E-state index in [1.54, 1.807) is 18.2 Å². The van der Waals surface area contributed by atoms with Gasteiger partial charge in [0.2, 0.25) is 11.8 Å². The van der Waals surface area contributed by atoms with Crippen LogP contribution in [-0.4, -0.2) is 79.6 Å². The van der Waals surface area contributed by atoms with Crippen LogP contribution in [0, 0.1) is 17.8 Å². The Labute approximate surface area is 215 Å². The molecule has 2 unspecified atom stereocenters. The van der Waals surface area contributed by atoms with Crippen LogP contribution in [0.15, 0.2) is 24.3 Å². The van der Waals surface area contributed by atoms with Gasteiger partial charge < -0.3 is 24.6 Å². The van der Waals surface area contributed by atoms with Crippen molar-refractivity contribution in [2.75, 3.05) is 39.9 Å². The molecule has 2 fully saturated rings. The van der Waals surface area contributed by atoms with Crippen LogP contribution in [0.5, 0.6) is 5.75 Å². The summed E-state index contributed by atoms with van der Waals surface area (Å²) in [7, 11) is 1.36. The molecule has 2 amide bonds. The molecule has 36 heavy (non-hydrogen) atoms. The molecule has 2 heterocycles. The average Bonchev–Trinajstić information content (AvgIpc) is 2.86. The first-order valence-corrected chi connectivity index (χ1v) is 13.3. The number of carbonyl (C=O) groups is 3. The monoisotopic (exact) mass is 501 g/mol. The second-order valence-electron chi connectivity index (χ2n) is 10.9. The number of methoxy groups -OCH3 is 1. The van der Waals surface area contributed by atoms with Crippen LogP contribution in [0.1, 0.15) is 63.7 Å². The summed E-state index contributed by atoms with van der Waals surface area (Å²) in [5.41, 5.74) is 0.463. The van der Waals surface area contributed by atoms with Crippen molar-refractivity contribution in [3.05, 3.63) is 29.8 Å². The Balaban J connectivity index is 1.57. The summed E-state index contributed by atoms with van der Waals surface area (Å²) in [5, 5.41) is 3.35. The minimum Gasteiger partial charge on any atom is -0.493 e. The maximum Gasteiger partial charge on any atom is 0.337 e. The molecule has 1 aromatic rings.